The van der Waals surface area contributed by atoms with Crippen molar-refractivity contribution in [3.8, 4) is 5.75 Å². The van der Waals surface area contributed by atoms with Crippen LogP contribution in [0.3, 0.4) is 0 Å². The second kappa shape index (κ2) is 9.50. The van der Waals surface area contributed by atoms with E-state index in [0.717, 1.165) is 18.6 Å². The Morgan fingerprint density at radius 3 is 1.73 bits per heavy atom. The molecule has 0 saturated heterocycles. The predicted molar refractivity (Wildman–Crippen MR) is 88.6 cm³/mol. The van der Waals surface area contributed by atoms with E-state index < -0.39 is 5.97 Å². The van der Waals surface area contributed by atoms with Crippen molar-refractivity contribution in [1.29, 1.82) is 0 Å². The first-order valence-corrected chi connectivity index (χ1v) is 8.76. The molecule has 0 aliphatic heterocycles. The standard InChI is InChI=1S/C19H28O3/c20-19(21)16-12-14-18(15-13-16)22-17-10-8-6-4-2-1-3-5-7-9-11-17/h12-15,17H,1-11H2,(H,20,21). The summed E-state index contributed by atoms with van der Waals surface area (Å²) >= 11 is 0. The molecule has 1 saturated carbocycles. The molecule has 122 valence electrons. The maximum absolute atomic E-state index is 10.9. The monoisotopic (exact) mass is 304 g/mol. The molecular weight excluding hydrogens is 276 g/mol. The van der Waals surface area contributed by atoms with Gasteiger partial charge in [0.05, 0.1) is 11.7 Å². The maximum Gasteiger partial charge on any atom is 0.335 e. The highest BCUT2D eigenvalue weighted by molar-refractivity contribution is 5.87. The lowest BCUT2D eigenvalue weighted by atomic mass is 9.99. The first kappa shape index (κ1) is 16.9. The Kier molecular flexibility index (Phi) is 7.27. The summed E-state index contributed by atoms with van der Waals surface area (Å²) in [7, 11) is 0. The molecule has 1 aliphatic carbocycles. The quantitative estimate of drug-likeness (QED) is 0.809. The van der Waals surface area contributed by atoms with Gasteiger partial charge >= 0.3 is 5.97 Å². The summed E-state index contributed by atoms with van der Waals surface area (Å²) in [5.41, 5.74) is 0.311. The summed E-state index contributed by atoms with van der Waals surface area (Å²) in [6.45, 7) is 0. The van der Waals surface area contributed by atoms with Gasteiger partial charge in [-0.2, -0.15) is 0 Å². The van der Waals surface area contributed by atoms with E-state index in [1.807, 2.05) is 0 Å². The molecule has 0 atom stereocenters. The van der Waals surface area contributed by atoms with Crippen LogP contribution in [-0.4, -0.2) is 17.2 Å². The highest BCUT2D eigenvalue weighted by Crippen LogP contribution is 2.22. The van der Waals surface area contributed by atoms with Crippen LogP contribution < -0.4 is 4.74 Å². The fourth-order valence-corrected chi connectivity index (χ4v) is 3.11. The van der Waals surface area contributed by atoms with Crippen LogP contribution in [0.2, 0.25) is 0 Å². The fraction of sp³-hybridized carbons (Fsp3) is 0.632. The zero-order chi connectivity index (χ0) is 15.6. The topological polar surface area (TPSA) is 46.5 Å². The first-order chi connectivity index (χ1) is 10.8. The second-order valence-corrected chi connectivity index (χ2v) is 6.33. The number of rotatable bonds is 3. The van der Waals surface area contributed by atoms with Crippen molar-refractivity contribution in [2.75, 3.05) is 0 Å². The zero-order valence-electron chi connectivity index (χ0n) is 13.4. The van der Waals surface area contributed by atoms with Crippen molar-refractivity contribution >= 4 is 5.97 Å². The Morgan fingerprint density at radius 1 is 0.818 bits per heavy atom. The lowest BCUT2D eigenvalue weighted by Gasteiger charge is -2.20. The Bertz CT molecular complexity index is 426. The average Bonchev–Trinajstić information content (AvgIpc) is 2.50. The maximum atomic E-state index is 10.9. The summed E-state index contributed by atoms with van der Waals surface area (Å²) in [6.07, 6.45) is 14.4. The largest absolute Gasteiger partial charge is 0.490 e. The normalized spacial score (nSPS) is 18.9. The van der Waals surface area contributed by atoms with E-state index in [-0.39, 0.29) is 6.10 Å². The molecule has 3 heteroatoms. The van der Waals surface area contributed by atoms with Crippen molar-refractivity contribution in [2.45, 2.75) is 76.7 Å². The minimum absolute atomic E-state index is 0.273. The average molecular weight is 304 g/mol. The third-order valence-corrected chi connectivity index (χ3v) is 4.46. The Morgan fingerprint density at radius 2 is 1.27 bits per heavy atom. The van der Waals surface area contributed by atoms with Gasteiger partial charge in [0.15, 0.2) is 0 Å². The Hall–Kier alpha value is -1.51. The van der Waals surface area contributed by atoms with Crippen molar-refractivity contribution in [2.24, 2.45) is 0 Å². The van der Waals surface area contributed by atoms with Gasteiger partial charge in [0, 0.05) is 0 Å². The van der Waals surface area contributed by atoms with Crippen LogP contribution in [-0.2, 0) is 0 Å². The summed E-state index contributed by atoms with van der Waals surface area (Å²) in [5, 5.41) is 8.93. The molecule has 0 spiro atoms. The molecule has 1 aromatic carbocycles. The highest BCUT2D eigenvalue weighted by atomic mass is 16.5. The zero-order valence-corrected chi connectivity index (χ0v) is 13.4. The highest BCUT2D eigenvalue weighted by Gasteiger charge is 2.12. The molecule has 3 nitrogen and oxygen atoms in total. The van der Waals surface area contributed by atoms with Gasteiger partial charge in [-0.05, 0) is 49.9 Å². The molecule has 2 rings (SSSR count). The predicted octanol–water partition coefficient (Wildman–Crippen LogP) is 5.44. The molecule has 1 aliphatic rings. The number of carbonyl (C=O) groups is 1. The SMILES string of the molecule is O=C(O)c1ccc(OC2CCCCCCCCCCC2)cc1. The second-order valence-electron chi connectivity index (χ2n) is 6.33. The number of carboxylic acids is 1. The molecule has 0 heterocycles. The molecular formula is C19H28O3. The smallest absolute Gasteiger partial charge is 0.335 e. The van der Waals surface area contributed by atoms with Crippen molar-refractivity contribution in [3.63, 3.8) is 0 Å². The number of carboxylic acid groups (broad SMARTS) is 1. The van der Waals surface area contributed by atoms with E-state index in [2.05, 4.69) is 0 Å². The van der Waals surface area contributed by atoms with Crippen LogP contribution in [0.4, 0.5) is 0 Å². The molecule has 0 aromatic heterocycles. The van der Waals surface area contributed by atoms with Gasteiger partial charge in [-0.3, -0.25) is 0 Å². The summed E-state index contributed by atoms with van der Waals surface area (Å²) in [5.74, 6) is -0.0975. The van der Waals surface area contributed by atoms with E-state index in [0.29, 0.717) is 5.56 Å². The molecule has 0 amide bonds. The summed E-state index contributed by atoms with van der Waals surface area (Å²) in [4.78, 5) is 10.9. The van der Waals surface area contributed by atoms with Crippen LogP contribution in [0.25, 0.3) is 0 Å². The van der Waals surface area contributed by atoms with Gasteiger partial charge in [-0.15, -0.1) is 0 Å². The number of hydrogen-bond acceptors (Lipinski definition) is 2. The summed E-state index contributed by atoms with van der Waals surface area (Å²) < 4.78 is 6.10. The van der Waals surface area contributed by atoms with Crippen LogP contribution in [0.5, 0.6) is 5.75 Å². The first-order valence-electron chi connectivity index (χ1n) is 8.76. The van der Waals surface area contributed by atoms with Gasteiger partial charge in [0.2, 0.25) is 0 Å². The molecule has 0 bridgehead atoms. The molecule has 0 unspecified atom stereocenters. The van der Waals surface area contributed by atoms with E-state index in [1.54, 1.807) is 24.3 Å². The van der Waals surface area contributed by atoms with E-state index in [9.17, 15) is 4.79 Å². The molecule has 1 aromatic rings. The molecule has 22 heavy (non-hydrogen) atoms. The van der Waals surface area contributed by atoms with Crippen molar-refractivity contribution < 1.29 is 14.6 Å². The van der Waals surface area contributed by atoms with Crippen LogP contribution in [0.1, 0.15) is 81.0 Å². The van der Waals surface area contributed by atoms with Gasteiger partial charge in [0.25, 0.3) is 0 Å². The summed E-state index contributed by atoms with van der Waals surface area (Å²) in [6, 6.07) is 6.79. The lowest BCUT2D eigenvalue weighted by Crippen LogP contribution is -2.17. The Balaban J connectivity index is 1.87. The molecule has 1 fully saturated rings. The molecule has 0 radical (unpaired) electrons. The van der Waals surface area contributed by atoms with E-state index >= 15 is 0 Å². The van der Waals surface area contributed by atoms with E-state index in [1.165, 1.54) is 57.8 Å². The van der Waals surface area contributed by atoms with Gasteiger partial charge in [-0.25, -0.2) is 4.79 Å². The molecule has 1 N–H and O–H groups in total. The number of ether oxygens (including phenoxy) is 1. The fourth-order valence-electron chi connectivity index (χ4n) is 3.11. The third kappa shape index (κ3) is 6.08. The third-order valence-electron chi connectivity index (χ3n) is 4.46. The van der Waals surface area contributed by atoms with Crippen LogP contribution in [0.15, 0.2) is 24.3 Å². The Labute approximate surface area is 133 Å². The lowest BCUT2D eigenvalue weighted by molar-refractivity contribution is 0.0697. The number of benzene rings is 1. The van der Waals surface area contributed by atoms with Crippen LogP contribution in [0, 0.1) is 0 Å². The number of aromatic carboxylic acids is 1. The minimum atomic E-state index is -0.891. The van der Waals surface area contributed by atoms with Crippen molar-refractivity contribution in [1.82, 2.24) is 0 Å². The van der Waals surface area contributed by atoms with Gasteiger partial charge in [0.1, 0.15) is 5.75 Å². The van der Waals surface area contributed by atoms with Gasteiger partial charge < -0.3 is 9.84 Å². The van der Waals surface area contributed by atoms with Crippen molar-refractivity contribution in [3.05, 3.63) is 29.8 Å². The van der Waals surface area contributed by atoms with Gasteiger partial charge in [-0.1, -0.05) is 44.9 Å². The minimum Gasteiger partial charge on any atom is -0.490 e. The van der Waals surface area contributed by atoms with E-state index in [4.69, 9.17) is 9.84 Å². The number of hydrogen-bond donors (Lipinski definition) is 1. The van der Waals surface area contributed by atoms with Crippen LogP contribution >= 0.6 is 0 Å².